The first-order valence-electron chi connectivity index (χ1n) is 5.29. The van der Waals surface area contributed by atoms with Gasteiger partial charge < -0.3 is 10.0 Å². The van der Waals surface area contributed by atoms with E-state index in [1.807, 2.05) is 0 Å². The molecule has 1 saturated carbocycles. The zero-order valence-corrected chi connectivity index (χ0v) is 8.16. The van der Waals surface area contributed by atoms with E-state index in [1.54, 1.807) is 0 Å². The Balaban J connectivity index is 1.79. The van der Waals surface area contributed by atoms with Crippen LogP contribution in [0.25, 0.3) is 0 Å². The molecule has 1 unspecified atom stereocenters. The minimum absolute atomic E-state index is 0.262. The van der Waals surface area contributed by atoms with E-state index in [-0.39, 0.29) is 5.92 Å². The van der Waals surface area contributed by atoms with Gasteiger partial charge in [-0.3, -0.25) is 0 Å². The van der Waals surface area contributed by atoms with Crippen LogP contribution in [0.5, 0.6) is 0 Å². The number of hydrogen-bond acceptors (Lipinski definition) is 2. The summed E-state index contributed by atoms with van der Waals surface area (Å²) in [5.74, 6) is -1.56. The molecule has 4 heteroatoms. The van der Waals surface area contributed by atoms with Crippen molar-refractivity contribution in [2.45, 2.75) is 37.9 Å². The quantitative estimate of drug-likeness (QED) is 0.747. The average Bonchev–Trinajstić information content (AvgIpc) is 3.00. The van der Waals surface area contributed by atoms with Gasteiger partial charge in [0.25, 0.3) is 0 Å². The molecule has 14 heavy (non-hydrogen) atoms. The summed E-state index contributed by atoms with van der Waals surface area (Å²) in [6.07, 6.45) is 2.27. The molecule has 1 N–H and O–H groups in total. The Bertz CT molecular complexity index is 222. The highest BCUT2D eigenvalue weighted by molar-refractivity contribution is 5.72. The Morgan fingerprint density at radius 2 is 1.86 bits per heavy atom. The lowest BCUT2D eigenvalue weighted by Gasteiger charge is -2.32. The molecule has 2 fully saturated rings. The van der Waals surface area contributed by atoms with E-state index < -0.39 is 12.1 Å². The van der Waals surface area contributed by atoms with Crippen LogP contribution >= 0.6 is 0 Å². The molecule has 2 aliphatic rings. The van der Waals surface area contributed by atoms with Crippen LogP contribution in [-0.2, 0) is 4.79 Å². The van der Waals surface area contributed by atoms with Crippen molar-refractivity contribution in [1.82, 2.24) is 4.90 Å². The van der Waals surface area contributed by atoms with Gasteiger partial charge in [-0.05, 0) is 38.8 Å². The summed E-state index contributed by atoms with van der Waals surface area (Å²) >= 11 is 0. The van der Waals surface area contributed by atoms with Crippen LogP contribution in [0.1, 0.15) is 25.7 Å². The van der Waals surface area contributed by atoms with Gasteiger partial charge in [-0.1, -0.05) is 0 Å². The molecule has 3 nitrogen and oxygen atoms in total. The van der Waals surface area contributed by atoms with Gasteiger partial charge in [0, 0.05) is 12.0 Å². The van der Waals surface area contributed by atoms with Crippen molar-refractivity contribution >= 4 is 5.97 Å². The Hall–Kier alpha value is -0.640. The summed E-state index contributed by atoms with van der Waals surface area (Å²) in [5.41, 5.74) is 0. The van der Waals surface area contributed by atoms with Crippen LogP contribution in [0.2, 0.25) is 0 Å². The smallest absolute Gasteiger partial charge is 0.338 e. The maximum absolute atomic E-state index is 13.1. The summed E-state index contributed by atoms with van der Waals surface area (Å²) in [6.45, 7) is 1.76. The number of carboxylic acids is 1. The normalized spacial score (nSPS) is 27.5. The second-order valence-electron chi connectivity index (χ2n) is 4.34. The van der Waals surface area contributed by atoms with Crippen LogP contribution in [0, 0.1) is 5.92 Å². The van der Waals surface area contributed by atoms with Gasteiger partial charge in [0.05, 0.1) is 0 Å². The van der Waals surface area contributed by atoms with Gasteiger partial charge in [0.15, 0.2) is 6.17 Å². The molecule has 80 valence electrons. The number of piperidine rings is 1. The fraction of sp³-hybridized carbons (Fsp3) is 0.900. The van der Waals surface area contributed by atoms with Crippen LogP contribution in [0.15, 0.2) is 0 Å². The third-order valence-electron chi connectivity index (χ3n) is 3.29. The molecule has 0 amide bonds. The lowest BCUT2D eigenvalue weighted by atomic mass is 9.92. The second-order valence-corrected chi connectivity index (χ2v) is 4.34. The molecular weight excluding hydrogens is 185 g/mol. The molecule has 0 aromatic rings. The standard InChI is InChI=1S/C10H16FNO2/c11-9(10(13)14)7-3-5-12(6-4-7)8-1-2-8/h7-9H,1-6H2,(H,13,14). The maximum atomic E-state index is 13.1. The predicted octanol–water partition coefficient (Wildman–Crippen LogP) is 1.28. The number of rotatable bonds is 3. The first-order valence-corrected chi connectivity index (χ1v) is 5.29. The molecule has 0 aromatic heterocycles. The zero-order chi connectivity index (χ0) is 10.1. The van der Waals surface area contributed by atoms with Crippen molar-refractivity contribution in [3.63, 3.8) is 0 Å². The Kier molecular flexibility index (Phi) is 2.72. The molecular formula is C10H16FNO2. The summed E-state index contributed by atoms with van der Waals surface area (Å²) in [7, 11) is 0. The summed E-state index contributed by atoms with van der Waals surface area (Å²) in [6, 6.07) is 0.721. The number of carbonyl (C=O) groups is 1. The van der Waals surface area contributed by atoms with Gasteiger partial charge in [-0.15, -0.1) is 0 Å². The number of alkyl halides is 1. The van der Waals surface area contributed by atoms with Crippen molar-refractivity contribution in [2.75, 3.05) is 13.1 Å². The molecule has 0 bridgehead atoms. The largest absolute Gasteiger partial charge is 0.479 e. The number of aliphatic carboxylic acids is 1. The van der Waals surface area contributed by atoms with Crippen LogP contribution in [0.4, 0.5) is 4.39 Å². The lowest BCUT2D eigenvalue weighted by Crippen LogP contribution is -2.39. The van der Waals surface area contributed by atoms with Gasteiger partial charge >= 0.3 is 5.97 Å². The fourth-order valence-electron chi connectivity index (χ4n) is 2.22. The lowest BCUT2D eigenvalue weighted by molar-refractivity contribution is -0.145. The monoisotopic (exact) mass is 201 g/mol. The van der Waals surface area contributed by atoms with Gasteiger partial charge in [0.1, 0.15) is 0 Å². The zero-order valence-electron chi connectivity index (χ0n) is 8.16. The van der Waals surface area contributed by atoms with Crippen molar-refractivity contribution in [3.05, 3.63) is 0 Å². The van der Waals surface area contributed by atoms with Gasteiger partial charge in [-0.25, -0.2) is 9.18 Å². The predicted molar refractivity (Wildman–Crippen MR) is 49.9 cm³/mol. The molecule has 1 aliphatic heterocycles. The SMILES string of the molecule is O=C(O)C(F)C1CCN(C2CC2)CC1. The third-order valence-corrected chi connectivity index (χ3v) is 3.29. The van der Waals surface area contributed by atoms with Crippen molar-refractivity contribution in [1.29, 1.82) is 0 Å². The Labute approximate surface area is 82.9 Å². The molecule has 1 saturated heterocycles. The summed E-state index contributed by atoms with van der Waals surface area (Å²) in [4.78, 5) is 12.8. The summed E-state index contributed by atoms with van der Waals surface area (Å²) < 4.78 is 13.1. The molecule has 1 aliphatic carbocycles. The van der Waals surface area contributed by atoms with E-state index in [4.69, 9.17) is 5.11 Å². The van der Waals surface area contributed by atoms with Crippen molar-refractivity contribution in [2.24, 2.45) is 5.92 Å². The summed E-state index contributed by atoms with van der Waals surface area (Å²) in [5, 5.41) is 8.53. The number of hydrogen-bond donors (Lipinski definition) is 1. The van der Waals surface area contributed by atoms with E-state index in [0.717, 1.165) is 19.1 Å². The van der Waals surface area contributed by atoms with E-state index in [9.17, 15) is 9.18 Å². The molecule has 1 heterocycles. The first-order chi connectivity index (χ1) is 6.68. The minimum Gasteiger partial charge on any atom is -0.479 e. The highest BCUT2D eigenvalue weighted by Gasteiger charge is 2.36. The van der Waals surface area contributed by atoms with Gasteiger partial charge in [-0.2, -0.15) is 0 Å². The maximum Gasteiger partial charge on any atom is 0.338 e. The van der Waals surface area contributed by atoms with E-state index in [2.05, 4.69) is 4.90 Å². The van der Waals surface area contributed by atoms with E-state index in [0.29, 0.717) is 12.8 Å². The molecule has 1 atom stereocenters. The number of halogens is 1. The van der Waals surface area contributed by atoms with Crippen LogP contribution in [0.3, 0.4) is 0 Å². The van der Waals surface area contributed by atoms with E-state index >= 15 is 0 Å². The van der Waals surface area contributed by atoms with Crippen molar-refractivity contribution < 1.29 is 14.3 Å². The second kappa shape index (κ2) is 3.85. The fourth-order valence-corrected chi connectivity index (χ4v) is 2.22. The highest BCUT2D eigenvalue weighted by Crippen LogP contribution is 2.32. The molecule has 0 aromatic carbocycles. The van der Waals surface area contributed by atoms with Gasteiger partial charge in [0.2, 0.25) is 0 Å². The Morgan fingerprint density at radius 3 is 2.29 bits per heavy atom. The number of likely N-dealkylation sites (tertiary alicyclic amines) is 1. The molecule has 0 radical (unpaired) electrons. The third kappa shape index (κ3) is 2.05. The molecule has 0 spiro atoms. The van der Waals surface area contributed by atoms with Crippen LogP contribution in [-0.4, -0.2) is 41.3 Å². The molecule has 2 rings (SSSR count). The van der Waals surface area contributed by atoms with Crippen molar-refractivity contribution in [3.8, 4) is 0 Å². The Morgan fingerprint density at radius 1 is 1.29 bits per heavy atom. The number of nitrogens with zero attached hydrogens (tertiary/aromatic N) is 1. The van der Waals surface area contributed by atoms with Crippen LogP contribution < -0.4 is 0 Å². The topological polar surface area (TPSA) is 40.5 Å². The average molecular weight is 201 g/mol. The first kappa shape index (κ1) is 9.90. The van der Waals surface area contributed by atoms with E-state index in [1.165, 1.54) is 12.8 Å². The number of carboxylic acid groups (broad SMARTS) is 1. The minimum atomic E-state index is -1.66. The highest BCUT2D eigenvalue weighted by atomic mass is 19.1.